The first-order valence-electron chi connectivity index (χ1n) is 7.25. The van der Waals surface area contributed by atoms with Crippen LogP contribution in [0.1, 0.15) is 37.4 Å². The molecule has 2 aromatic rings. The van der Waals surface area contributed by atoms with E-state index in [4.69, 9.17) is 10.00 Å². The monoisotopic (exact) mass is 280 g/mol. The number of nitriles is 1. The molecule has 2 aromatic carbocycles. The molecule has 0 aliphatic rings. The van der Waals surface area contributed by atoms with Gasteiger partial charge in [0, 0.05) is 6.04 Å². The van der Waals surface area contributed by atoms with Crippen LogP contribution in [0.4, 0.5) is 0 Å². The van der Waals surface area contributed by atoms with Crippen molar-refractivity contribution < 1.29 is 4.74 Å². The van der Waals surface area contributed by atoms with E-state index in [-0.39, 0.29) is 0 Å². The quantitative estimate of drug-likeness (QED) is 0.852. The molecule has 0 radical (unpaired) electrons. The lowest BCUT2D eigenvalue weighted by Gasteiger charge is -2.14. The average molecular weight is 280 g/mol. The molecule has 1 N–H and O–H groups in total. The van der Waals surface area contributed by atoms with Crippen molar-refractivity contribution in [3.63, 3.8) is 0 Å². The van der Waals surface area contributed by atoms with Crippen LogP contribution in [0.15, 0.2) is 48.5 Å². The van der Waals surface area contributed by atoms with Crippen LogP contribution in [0.5, 0.6) is 11.5 Å². The third-order valence-electron chi connectivity index (χ3n) is 3.32. The van der Waals surface area contributed by atoms with Crippen LogP contribution >= 0.6 is 0 Å². The molecule has 21 heavy (non-hydrogen) atoms. The van der Waals surface area contributed by atoms with Gasteiger partial charge in [0.05, 0.1) is 5.56 Å². The maximum absolute atomic E-state index is 9.06. The molecule has 0 saturated carbocycles. The number of hydrogen-bond acceptors (Lipinski definition) is 3. The average Bonchev–Trinajstić information content (AvgIpc) is 2.54. The van der Waals surface area contributed by atoms with Crippen LogP contribution in [0, 0.1) is 11.3 Å². The molecule has 0 bridgehead atoms. The molecule has 108 valence electrons. The zero-order valence-corrected chi connectivity index (χ0v) is 12.5. The van der Waals surface area contributed by atoms with E-state index in [0.29, 0.717) is 17.4 Å². The Balaban J connectivity index is 2.07. The van der Waals surface area contributed by atoms with Crippen LogP contribution in [0.2, 0.25) is 0 Å². The van der Waals surface area contributed by atoms with Crippen LogP contribution in [0.25, 0.3) is 0 Å². The molecule has 2 rings (SSSR count). The molecule has 0 aromatic heterocycles. The van der Waals surface area contributed by atoms with Gasteiger partial charge in [-0.1, -0.05) is 31.2 Å². The molecule has 3 heteroatoms. The molecule has 0 heterocycles. The summed E-state index contributed by atoms with van der Waals surface area (Å²) in [4.78, 5) is 0. The van der Waals surface area contributed by atoms with Crippen molar-refractivity contribution in [1.82, 2.24) is 5.32 Å². The number of nitrogens with zero attached hydrogens (tertiary/aromatic N) is 1. The maximum atomic E-state index is 9.06. The predicted octanol–water partition coefficient (Wildman–Crippen LogP) is 4.41. The van der Waals surface area contributed by atoms with E-state index in [2.05, 4.69) is 37.4 Å². The SMILES string of the molecule is CCCNC(C)c1ccc(Oc2ccccc2C#N)cc1. The Morgan fingerprint density at radius 2 is 1.86 bits per heavy atom. The summed E-state index contributed by atoms with van der Waals surface area (Å²) in [7, 11) is 0. The van der Waals surface area contributed by atoms with E-state index in [1.54, 1.807) is 12.1 Å². The van der Waals surface area contributed by atoms with E-state index in [9.17, 15) is 0 Å². The molecule has 1 atom stereocenters. The molecule has 0 amide bonds. The van der Waals surface area contributed by atoms with Crippen molar-refractivity contribution in [2.24, 2.45) is 0 Å². The minimum atomic E-state index is 0.324. The van der Waals surface area contributed by atoms with Crippen molar-refractivity contribution in [2.45, 2.75) is 26.3 Å². The minimum absolute atomic E-state index is 0.324. The van der Waals surface area contributed by atoms with E-state index in [1.165, 1.54) is 5.56 Å². The number of ether oxygens (including phenoxy) is 1. The summed E-state index contributed by atoms with van der Waals surface area (Å²) in [6.45, 7) is 5.31. The number of nitrogens with one attached hydrogen (secondary N) is 1. The maximum Gasteiger partial charge on any atom is 0.145 e. The summed E-state index contributed by atoms with van der Waals surface area (Å²) in [5, 5.41) is 12.5. The van der Waals surface area contributed by atoms with Crippen LogP contribution in [0.3, 0.4) is 0 Å². The molecule has 0 aliphatic carbocycles. The standard InChI is InChI=1S/C18H20N2O/c1-3-12-20-14(2)15-8-10-17(11-9-15)21-18-7-5-4-6-16(18)13-19/h4-11,14,20H,3,12H2,1-2H3. The smallest absolute Gasteiger partial charge is 0.145 e. The van der Waals surface area contributed by atoms with E-state index < -0.39 is 0 Å². The molecular formula is C18H20N2O. The van der Waals surface area contributed by atoms with Crippen LogP contribution < -0.4 is 10.1 Å². The first-order valence-corrected chi connectivity index (χ1v) is 7.25. The Bertz CT molecular complexity index is 614. The van der Waals surface area contributed by atoms with E-state index in [1.807, 2.05) is 24.3 Å². The van der Waals surface area contributed by atoms with E-state index in [0.717, 1.165) is 18.7 Å². The highest BCUT2D eigenvalue weighted by Gasteiger charge is 2.06. The van der Waals surface area contributed by atoms with Gasteiger partial charge >= 0.3 is 0 Å². The van der Waals surface area contributed by atoms with Gasteiger partial charge in [-0.05, 0) is 49.7 Å². The van der Waals surface area contributed by atoms with Gasteiger partial charge in [-0.15, -0.1) is 0 Å². The van der Waals surface area contributed by atoms with Crippen molar-refractivity contribution >= 4 is 0 Å². The van der Waals surface area contributed by atoms with Gasteiger partial charge in [-0.25, -0.2) is 0 Å². The highest BCUT2D eigenvalue weighted by atomic mass is 16.5. The summed E-state index contributed by atoms with van der Waals surface area (Å²) in [6, 6.07) is 17.7. The second kappa shape index (κ2) is 7.47. The Labute approximate surface area is 126 Å². The van der Waals surface area contributed by atoms with Crippen molar-refractivity contribution in [2.75, 3.05) is 6.54 Å². The van der Waals surface area contributed by atoms with Gasteiger partial charge in [0.25, 0.3) is 0 Å². The van der Waals surface area contributed by atoms with Gasteiger partial charge in [0.15, 0.2) is 0 Å². The normalized spacial score (nSPS) is 11.7. The minimum Gasteiger partial charge on any atom is -0.456 e. The van der Waals surface area contributed by atoms with Gasteiger partial charge in [0.2, 0.25) is 0 Å². The second-order valence-electron chi connectivity index (χ2n) is 4.95. The molecule has 0 saturated heterocycles. The van der Waals surface area contributed by atoms with Crippen LogP contribution in [-0.4, -0.2) is 6.54 Å². The third-order valence-corrected chi connectivity index (χ3v) is 3.32. The first kappa shape index (κ1) is 15.1. The van der Waals surface area contributed by atoms with Crippen molar-refractivity contribution in [1.29, 1.82) is 5.26 Å². The fourth-order valence-corrected chi connectivity index (χ4v) is 2.08. The Kier molecular flexibility index (Phi) is 5.36. The first-order chi connectivity index (χ1) is 10.2. The fraction of sp³-hybridized carbons (Fsp3) is 0.278. The highest BCUT2D eigenvalue weighted by Crippen LogP contribution is 2.26. The van der Waals surface area contributed by atoms with Gasteiger partial charge in [-0.2, -0.15) is 5.26 Å². The topological polar surface area (TPSA) is 45.0 Å². The molecule has 0 spiro atoms. The summed E-state index contributed by atoms with van der Waals surface area (Å²) < 4.78 is 5.77. The van der Waals surface area contributed by atoms with Gasteiger partial charge in [0.1, 0.15) is 17.6 Å². The summed E-state index contributed by atoms with van der Waals surface area (Å²) in [5.74, 6) is 1.33. The third kappa shape index (κ3) is 4.08. The van der Waals surface area contributed by atoms with Gasteiger partial charge < -0.3 is 10.1 Å². The number of rotatable bonds is 6. The second-order valence-corrected chi connectivity index (χ2v) is 4.95. The highest BCUT2D eigenvalue weighted by molar-refractivity contribution is 5.45. The number of hydrogen-bond donors (Lipinski definition) is 1. The Hall–Kier alpha value is -2.31. The van der Waals surface area contributed by atoms with Gasteiger partial charge in [-0.3, -0.25) is 0 Å². The lowest BCUT2D eigenvalue weighted by Crippen LogP contribution is -2.19. The number of para-hydroxylation sites is 1. The molecular weight excluding hydrogens is 260 g/mol. The predicted molar refractivity (Wildman–Crippen MR) is 84.4 cm³/mol. The molecule has 0 aliphatic heterocycles. The summed E-state index contributed by atoms with van der Waals surface area (Å²) >= 11 is 0. The Morgan fingerprint density at radius 1 is 1.14 bits per heavy atom. The Morgan fingerprint density at radius 3 is 2.52 bits per heavy atom. The zero-order chi connectivity index (χ0) is 15.1. The van der Waals surface area contributed by atoms with Crippen molar-refractivity contribution in [3.05, 3.63) is 59.7 Å². The fourth-order valence-electron chi connectivity index (χ4n) is 2.08. The zero-order valence-electron chi connectivity index (χ0n) is 12.5. The van der Waals surface area contributed by atoms with E-state index >= 15 is 0 Å². The number of benzene rings is 2. The molecule has 3 nitrogen and oxygen atoms in total. The lowest BCUT2D eigenvalue weighted by molar-refractivity contribution is 0.480. The molecule has 0 fully saturated rings. The van der Waals surface area contributed by atoms with Crippen molar-refractivity contribution in [3.8, 4) is 17.6 Å². The molecule has 1 unspecified atom stereocenters. The summed E-state index contributed by atoms with van der Waals surface area (Å²) in [5.41, 5.74) is 1.77. The lowest BCUT2D eigenvalue weighted by atomic mass is 10.1. The summed E-state index contributed by atoms with van der Waals surface area (Å²) in [6.07, 6.45) is 1.12. The largest absolute Gasteiger partial charge is 0.456 e. The van der Waals surface area contributed by atoms with Crippen LogP contribution in [-0.2, 0) is 0 Å².